The van der Waals surface area contributed by atoms with Crippen LogP contribution in [0.3, 0.4) is 0 Å². The molecule has 6 nitrogen and oxygen atoms in total. The molecule has 3 aromatic rings. The van der Waals surface area contributed by atoms with Gasteiger partial charge in [-0.2, -0.15) is 0 Å². The molecule has 160 valence electrons. The number of furan rings is 1. The van der Waals surface area contributed by atoms with Crippen molar-refractivity contribution in [1.29, 1.82) is 0 Å². The van der Waals surface area contributed by atoms with Gasteiger partial charge in [-0.3, -0.25) is 9.59 Å². The Kier molecular flexibility index (Phi) is 5.83. The lowest BCUT2D eigenvalue weighted by molar-refractivity contribution is -0.140. The number of hydrogen-bond acceptors (Lipinski definition) is 6. The van der Waals surface area contributed by atoms with E-state index in [4.69, 9.17) is 32.4 Å². The quantitative estimate of drug-likeness (QED) is 0.294. The van der Waals surface area contributed by atoms with Crippen LogP contribution in [0.1, 0.15) is 28.0 Å². The molecule has 1 aliphatic rings. The molecule has 31 heavy (non-hydrogen) atoms. The van der Waals surface area contributed by atoms with E-state index in [1.54, 1.807) is 19.1 Å². The number of amides is 1. The lowest BCUT2D eigenvalue weighted by Gasteiger charge is -2.22. The number of likely N-dealkylation sites (tertiary alicyclic amines) is 1. The van der Waals surface area contributed by atoms with Crippen LogP contribution >= 0.6 is 34.5 Å². The van der Waals surface area contributed by atoms with E-state index in [9.17, 15) is 14.7 Å². The van der Waals surface area contributed by atoms with Gasteiger partial charge in [0.15, 0.2) is 5.75 Å². The van der Waals surface area contributed by atoms with Crippen molar-refractivity contribution in [2.45, 2.75) is 19.5 Å². The molecule has 0 aliphatic carbocycles. The number of thiophene rings is 1. The molecule has 1 amide bonds. The van der Waals surface area contributed by atoms with Gasteiger partial charge in [0.25, 0.3) is 11.7 Å². The Bertz CT molecular complexity index is 1180. The van der Waals surface area contributed by atoms with Gasteiger partial charge in [-0.25, -0.2) is 0 Å². The molecule has 0 spiro atoms. The van der Waals surface area contributed by atoms with Crippen LogP contribution in [0.4, 0.5) is 0 Å². The third-order valence-corrected chi connectivity index (χ3v) is 6.38. The average molecular weight is 478 g/mol. The number of halogens is 2. The third-order valence-electron chi connectivity index (χ3n) is 4.95. The summed E-state index contributed by atoms with van der Waals surface area (Å²) in [5, 5.41) is 13.3. The molecule has 1 aliphatic heterocycles. The second kappa shape index (κ2) is 8.42. The fourth-order valence-corrected chi connectivity index (χ4v) is 4.90. The second-order valence-corrected chi connectivity index (χ2v) is 8.77. The van der Waals surface area contributed by atoms with Crippen LogP contribution < -0.4 is 4.74 Å². The largest absolute Gasteiger partial charge is 0.507 e. The SMILES string of the molecule is COc1c(Cl)cc(/C(O)=C2/C(=O)C(=O)N(Cc3cccs3)C2c2ccc(C)o2)cc1Cl. The van der Waals surface area contributed by atoms with Crippen molar-refractivity contribution in [2.75, 3.05) is 7.11 Å². The van der Waals surface area contributed by atoms with Gasteiger partial charge in [0.05, 0.1) is 29.3 Å². The smallest absolute Gasteiger partial charge is 0.296 e. The summed E-state index contributed by atoms with van der Waals surface area (Å²) >= 11 is 13.9. The third kappa shape index (κ3) is 3.84. The molecule has 0 bridgehead atoms. The number of aliphatic hydroxyl groups is 1. The van der Waals surface area contributed by atoms with Gasteiger partial charge in [-0.05, 0) is 42.6 Å². The Labute approximate surface area is 192 Å². The number of ether oxygens (including phenoxy) is 1. The molecule has 1 atom stereocenters. The topological polar surface area (TPSA) is 80.0 Å². The number of hydrogen-bond donors (Lipinski definition) is 1. The maximum absolute atomic E-state index is 13.0. The summed E-state index contributed by atoms with van der Waals surface area (Å²) in [6.45, 7) is 1.96. The molecular formula is C22H17Cl2NO5S. The summed E-state index contributed by atoms with van der Waals surface area (Å²) in [6.07, 6.45) is 0. The number of ketones is 1. The second-order valence-electron chi connectivity index (χ2n) is 6.93. The van der Waals surface area contributed by atoms with Gasteiger partial charge >= 0.3 is 0 Å². The minimum Gasteiger partial charge on any atom is -0.507 e. The summed E-state index contributed by atoms with van der Waals surface area (Å²) in [6, 6.07) is 9.13. The van der Waals surface area contributed by atoms with Crippen LogP contribution in [0.5, 0.6) is 5.75 Å². The Morgan fingerprint density at radius 1 is 1.23 bits per heavy atom. The number of aryl methyl sites for hydroxylation is 1. The zero-order chi connectivity index (χ0) is 22.3. The standard InChI is InChI=1S/C22H17Cl2NO5S/c1-11-5-6-16(30-11)18-17(19(26)12-8-14(23)21(29-2)15(24)9-12)20(27)22(28)25(18)10-13-4-3-7-31-13/h3-9,18,26H,10H2,1-2H3/b19-17-. The fourth-order valence-electron chi connectivity index (χ4n) is 3.56. The first kappa shape index (κ1) is 21.5. The average Bonchev–Trinajstić information content (AvgIpc) is 3.44. The van der Waals surface area contributed by atoms with Crippen LogP contribution in [-0.4, -0.2) is 28.8 Å². The van der Waals surface area contributed by atoms with E-state index in [1.807, 2.05) is 17.5 Å². The first-order valence-corrected chi connectivity index (χ1v) is 10.9. The molecule has 1 fully saturated rings. The summed E-state index contributed by atoms with van der Waals surface area (Å²) in [5.74, 6) is -0.683. The van der Waals surface area contributed by atoms with Gasteiger partial charge in [0, 0.05) is 10.4 Å². The Morgan fingerprint density at radius 3 is 2.48 bits per heavy atom. The minimum atomic E-state index is -0.893. The Hall–Kier alpha value is -2.74. The van der Waals surface area contributed by atoms with Crippen LogP contribution in [-0.2, 0) is 16.1 Å². The van der Waals surface area contributed by atoms with Crippen LogP contribution in [0.2, 0.25) is 10.0 Å². The van der Waals surface area contributed by atoms with E-state index in [0.717, 1.165) is 4.88 Å². The van der Waals surface area contributed by atoms with E-state index < -0.39 is 23.5 Å². The number of Topliss-reactive ketones (excluding diaryl/α,β-unsaturated/α-hetero) is 1. The molecule has 9 heteroatoms. The van der Waals surface area contributed by atoms with Crippen LogP contribution in [0.15, 0.2) is 51.8 Å². The molecule has 1 N–H and O–H groups in total. The highest BCUT2D eigenvalue weighted by Crippen LogP contribution is 2.43. The van der Waals surface area contributed by atoms with Gasteiger partial charge in [-0.15, -0.1) is 11.3 Å². The van der Waals surface area contributed by atoms with Gasteiger partial charge in [0.2, 0.25) is 0 Å². The molecule has 2 aromatic heterocycles. The van der Waals surface area contributed by atoms with Crippen molar-refractivity contribution < 1.29 is 23.8 Å². The number of carbonyl (C=O) groups is 2. The van der Waals surface area contributed by atoms with E-state index in [2.05, 4.69) is 0 Å². The van der Waals surface area contributed by atoms with Crippen LogP contribution in [0, 0.1) is 6.92 Å². The normalized spacial score (nSPS) is 18.1. The van der Waals surface area contributed by atoms with Gasteiger partial charge in [0.1, 0.15) is 23.3 Å². The van der Waals surface area contributed by atoms with E-state index >= 15 is 0 Å². The molecule has 1 aromatic carbocycles. The maximum atomic E-state index is 13.0. The highest BCUT2D eigenvalue weighted by Gasteiger charge is 2.47. The molecular weight excluding hydrogens is 461 g/mol. The van der Waals surface area contributed by atoms with Gasteiger partial charge < -0.3 is 19.2 Å². The van der Waals surface area contributed by atoms with Crippen molar-refractivity contribution in [3.63, 3.8) is 0 Å². The van der Waals surface area contributed by atoms with Crippen molar-refractivity contribution in [3.8, 4) is 5.75 Å². The molecule has 1 saturated heterocycles. The molecule has 4 rings (SSSR count). The minimum absolute atomic E-state index is 0.0896. The van der Waals surface area contributed by atoms with Crippen molar-refractivity contribution in [1.82, 2.24) is 4.90 Å². The number of aliphatic hydroxyl groups excluding tert-OH is 1. The zero-order valence-corrected chi connectivity index (χ0v) is 18.8. The molecule has 0 saturated carbocycles. The molecule has 0 radical (unpaired) electrons. The summed E-state index contributed by atoms with van der Waals surface area (Å²) in [7, 11) is 1.42. The number of carbonyl (C=O) groups excluding carboxylic acids is 2. The van der Waals surface area contributed by atoms with E-state index in [0.29, 0.717) is 11.5 Å². The predicted molar refractivity (Wildman–Crippen MR) is 119 cm³/mol. The van der Waals surface area contributed by atoms with Crippen molar-refractivity contribution in [2.24, 2.45) is 0 Å². The highest BCUT2D eigenvalue weighted by molar-refractivity contribution is 7.09. The Morgan fingerprint density at radius 2 is 1.94 bits per heavy atom. The number of methoxy groups -OCH3 is 1. The van der Waals surface area contributed by atoms with Crippen LogP contribution in [0.25, 0.3) is 5.76 Å². The summed E-state index contributed by atoms with van der Waals surface area (Å²) in [5.41, 5.74) is 0.103. The number of rotatable bonds is 5. The number of nitrogens with zero attached hydrogens (tertiary/aromatic N) is 1. The lowest BCUT2D eigenvalue weighted by Crippen LogP contribution is -2.28. The monoisotopic (exact) mass is 477 g/mol. The Balaban J connectivity index is 1.88. The zero-order valence-electron chi connectivity index (χ0n) is 16.5. The first-order valence-electron chi connectivity index (χ1n) is 9.22. The van der Waals surface area contributed by atoms with Crippen molar-refractivity contribution in [3.05, 3.63) is 79.4 Å². The van der Waals surface area contributed by atoms with Gasteiger partial charge in [-0.1, -0.05) is 29.3 Å². The summed E-state index contributed by atoms with van der Waals surface area (Å²) in [4.78, 5) is 28.2. The lowest BCUT2D eigenvalue weighted by atomic mass is 9.99. The van der Waals surface area contributed by atoms with E-state index in [-0.39, 0.29) is 33.5 Å². The fraction of sp³-hybridized carbons (Fsp3) is 0.182. The summed E-state index contributed by atoms with van der Waals surface area (Å²) < 4.78 is 10.9. The molecule has 1 unspecified atom stereocenters. The first-order chi connectivity index (χ1) is 14.8. The maximum Gasteiger partial charge on any atom is 0.296 e. The van der Waals surface area contributed by atoms with E-state index in [1.165, 1.54) is 35.5 Å². The number of benzene rings is 1. The van der Waals surface area contributed by atoms with Crippen molar-refractivity contribution >= 4 is 52.0 Å². The molecule has 3 heterocycles. The predicted octanol–water partition coefficient (Wildman–Crippen LogP) is 5.59. The highest BCUT2D eigenvalue weighted by atomic mass is 35.5.